The molecule has 1 aliphatic heterocycles. The fourth-order valence-corrected chi connectivity index (χ4v) is 3.47. The van der Waals surface area contributed by atoms with Gasteiger partial charge < -0.3 is 9.15 Å². The van der Waals surface area contributed by atoms with Crippen LogP contribution >= 0.6 is 0 Å². The van der Waals surface area contributed by atoms with Crippen molar-refractivity contribution >= 4 is 11.0 Å². The number of hydrogen-bond acceptors (Lipinski definition) is 4. The maximum atomic E-state index is 11.7. The van der Waals surface area contributed by atoms with Gasteiger partial charge in [0.2, 0.25) is 0 Å². The van der Waals surface area contributed by atoms with Crippen LogP contribution in [0.1, 0.15) is 27.8 Å². The molecule has 3 aromatic rings. The highest BCUT2D eigenvalue weighted by molar-refractivity contribution is 5.86. The van der Waals surface area contributed by atoms with E-state index in [1.165, 1.54) is 11.1 Å². The molecule has 0 atom stereocenters. The molecular formula is C21H21NO3. The topological polar surface area (TPSA) is 42.7 Å². The number of hydrogen-bond donors (Lipinski definition) is 0. The van der Waals surface area contributed by atoms with E-state index in [4.69, 9.17) is 9.15 Å². The minimum atomic E-state index is -0.315. The van der Waals surface area contributed by atoms with E-state index in [2.05, 4.69) is 42.2 Å². The molecule has 4 nitrogen and oxygen atoms in total. The Morgan fingerprint density at radius 2 is 1.84 bits per heavy atom. The lowest BCUT2D eigenvalue weighted by atomic mass is 10.0. The normalized spacial score (nSPS) is 14.4. The average molecular weight is 335 g/mol. The van der Waals surface area contributed by atoms with Gasteiger partial charge in [-0.15, -0.1) is 0 Å². The Kier molecular flexibility index (Phi) is 3.85. The van der Waals surface area contributed by atoms with Crippen molar-refractivity contribution in [2.75, 3.05) is 6.73 Å². The molecule has 4 rings (SSSR count). The number of rotatable bonds is 2. The third-order valence-electron chi connectivity index (χ3n) is 4.81. The van der Waals surface area contributed by atoms with Gasteiger partial charge in [-0.2, -0.15) is 0 Å². The fraction of sp³-hybridized carbons (Fsp3) is 0.286. The molecule has 0 unspecified atom stereocenters. The van der Waals surface area contributed by atoms with Crippen LogP contribution in [0.15, 0.2) is 45.6 Å². The van der Waals surface area contributed by atoms with Crippen LogP contribution in [-0.4, -0.2) is 11.6 Å². The van der Waals surface area contributed by atoms with Gasteiger partial charge in [0.1, 0.15) is 18.1 Å². The Morgan fingerprint density at radius 3 is 2.60 bits per heavy atom. The Balaban J connectivity index is 1.68. The molecule has 0 saturated heterocycles. The predicted octanol–water partition coefficient (Wildman–Crippen LogP) is 4.07. The van der Waals surface area contributed by atoms with Crippen molar-refractivity contribution < 1.29 is 9.15 Å². The molecule has 0 N–H and O–H groups in total. The van der Waals surface area contributed by atoms with Gasteiger partial charge in [0.05, 0.1) is 0 Å². The summed E-state index contributed by atoms with van der Waals surface area (Å²) in [6.45, 7) is 8.19. The van der Waals surface area contributed by atoms with Crippen molar-refractivity contribution in [3.63, 3.8) is 0 Å². The first-order chi connectivity index (χ1) is 12.0. The van der Waals surface area contributed by atoms with Gasteiger partial charge in [0.15, 0.2) is 0 Å². The zero-order valence-electron chi connectivity index (χ0n) is 14.8. The summed E-state index contributed by atoms with van der Waals surface area (Å²) in [6, 6.07) is 12.2. The molecule has 0 bridgehead atoms. The van der Waals surface area contributed by atoms with Gasteiger partial charge in [-0.1, -0.05) is 29.8 Å². The lowest BCUT2D eigenvalue weighted by molar-refractivity contribution is 0.0881. The lowest BCUT2D eigenvalue weighted by Gasteiger charge is -2.30. The van der Waals surface area contributed by atoms with Crippen LogP contribution in [0, 0.1) is 20.8 Å². The van der Waals surface area contributed by atoms with E-state index in [-0.39, 0.29) is 5.63 Å². The Morgan fingerprint density at radius 1 is 1.08 bits per heavy atom. The van der Waals surface area contributed by atoms with Crippen LogP contribution < -0.4 is 10.4 Å². The standard InChI is InChI=1S/C21H21NO3/c1-13-4-6-16(7-5-13)10-22-11-17-9-18-14(2)8-19(23)25-21(18)15(3)20(17)24-12-22/h4-9H,10-12H2,1-3H3. The molecule has 2 aromatic carbocycles. The summed E-state index contributed by atoms with van der Waals surface area (Å²) in [4.78, 5) is 14.0. The highest BCUT2D eigenvalue weighted by atomic mass is 16.5. The molecule has 128 valence electrons. The largest absolute Gasteiger partial charge is 0.477 e. The Bertz CT molecular complexity index is 1000. The molecule has 25 heavy (non-hydrogen) atoms. The van der Waals surface area contributed by atoms with Gasteiger partial charge in [0.25, 0.3) is 0 Å². The van der Waals surface area contributed by atoms with Crippen LogP contribution in [0.25, 0.3) is 11.0 Å². The average Bonchev–Trinajstić information content (AvgIpc) is 2.58. The van der Waals surface area contributed by atoms with Gasteiger partial charge in [0, 0.05) is 35.7 Å². The minimum Gasteiger partial charge on any atom is -0.477 e. The number of aryl methyl sites for hydroxylation is 3. The van der Waals surface area contributed by atoms with E-state index in [1.54, 1.807) is 6.07 Å². The summed E-state index contributed by atoms with van der Waals surface area (Å²) < 4.78 is 11.4. The van der Waals surface area contributed by atoms with Gasteiger partial charge >= 0.3 is 5.63 Å². The molecular weight excluding hydrogens is 314 g/mol. The van der Waals surface area contributed by atoms with E-state index in [0.717, 1.165) is 40.9 Å². The van der Waals surface area contributed by atoms with Crippen LogP contribution in [0.3, 0.4) is 0 Å². The van der Waals surface area contributed by atoms with Crippen LogP contribution in [0.2, 0.25) is 0 Å². The first-order valence-corrected chi connectivity index (χ1v) is 8.49. The molecule has 0 aliphatic carbocycles. The van der Waals surface area contributed by atoms with E-state index in [0.29, 0.717) is 12.3 Å². The molecule has 4 heteroatoms. The minimum absolute atomic E-state index is 0.315. The third kappa shape index (κ3) is 2.94. The van der Waals surface area contributed by atoms with Crippen molar-refractivity contribution in [3.05, 3.63) is 74.6 Å². The number of nitrogens with zero attached hydrogens (tertiary/aromatic N) is 1. The highest BCUT2D eigenvalue weighted by Gasteiger charge is 2.22. The van der Waals surface area contributed by atoms with Crippen LogP contribution in [0.5, 0.6) is 5.75 Å². The van der Waals surface area contributed by atoms with E-state index < -0.39 is 0 Å². The van der Waals surface area contributed by atoms with Crippen molar-refractivity contribution in [1.29, 1.82) is 0 Å². The molecule has 0 radical (unpaired) electrons. The first-order valence-electron chi connectivity index (χ1n) is 8.49. The summed E-state index contributed by atoms with van der Waals surface area (Å²) in [5.41, 5.74) is 5.84. The molecule has 0 fully saturated rings. The highest BCUT2D eigenvalue weighted by Crippen LogP contribution is 2.35. The van der Waals surface area contributed by atoms with Crippen LogP contribution in [0.4, 0.5) is 0 Å². The van der Waals surface area contributed by atoms with Gasteiger partial charge in [-0.05, 0) is 38.0 Å². The summed E-state index contributed by atoms with van der Waals surface area (Å²) in [7, 11) is 0. The lowest BCUT2D eigenvalue weighted by Crippen LogP contribution is -2.31. The smallest absolute Gasteiger partial charge is 0.336 e. The molecule has 0 spiro atoms. The molecule has 0 amide bonds. The number of fused-ring (bicyclic) bond motifs is 2. The summed E-state index contributed by atoms with van der Waals surface area (Å²) >= 11 is 0. The van der Waals surface area contributed by atoms with Gasteiger partial charge in [-0.3, -0.25) is 4.90 Å². The maximum Gasteiger partial charge on any atom is 0.336 e. The number of ether oxygens (including phenoxy) is 1. The van der Waals surface area contributed by atoms with Gasteiger partial charge in [-0.25, -0.2) is 4.79 Å². The summed E-state index contributed by atoms with van der Waals surface area (Å²) in [5, 5.41) is 0.983. The van der Waals surface area contributed by atoms with E-state index in [9.17, 15) is 4.79 Å². The Hall–Kier alpha value is -2.59. The third-order valence-corrected chi connectivity index (χ3v) is 4.81. The fourth-order valence-electron chi connectivity index (χ4n) is 3.47. The monoisotopic (exact) mass is 335 g/mol. The SMILES string of the molecule is Cc1ccc(CN2COc3c(cc4c(C)cc(=O)oc4c3C)C2)cc1. The van der Waals surface area contributed by atoms with Crippen LogP contribution in [-0.2, 0) is 13.1 Å². The molecule has 0 saturated carbocycles. The van der Waals surface area contributed by atoms with Crippen molar-refractivity contribution in [2.24, 2.45) is 0 Å². The van der Waals surface area contributed by atoms with Crippen molar-refractivity contribution in [3.8, 4) is 5.75 Å². The summed E-state index contributed by atoms with van der Waals surface area (Å²) in [5.74, 6) is 0.849. The number of benzene rings is 2. The van der Waals surface area contributed by atoms with E-state index >= 15 is 0 Å². The second kappa shape index (κ2) is 6.05. The Labute approximate surface area is 146 Å². The molecule has 2 heterocycles. The predicted molar refractivity (Wildman–Crippen MR) is 97.9 cm³/mol. The zero-order valence-corrected chi connectivity index (χ0v) is 14.8. The second-order valence-electron chi connectivity index (χ2n) is 6.86. The van der Waals surface area contributed by atoms with E-state index in [1.807, 2.05) is 13.8 Å². The van der Waals surface area contributed by atoms with Crippen molar-refractivity contribution in [2.45, 2.75) is 33.9 Å². The van der Waals surface area contributed by atoms with Crippen molar-refractivity contribution in [1.82, 2.24) is 4.90 Å². The maximum absolute atomic E-state index is 11.7. The molecule has 1 aromatic heterocycles. The zero-order chi connectivity index (χ0) is 17.6. The quantitative estimate of drug-likeness (QED) is 0.662. The first kappa shape index (κ1) is 15.9. The second-order valence-corrected chi connectivity index (χ2v) is 6.86. The summed E-state index contributed by atoms with van der Waals surface area (Å²) in [6.07, 6.45) is 0. The molecule has 1 aliphatic rings.